The summed E-state index contributed by atoms with van der Waals surface area (Å²) in [7, 11) is 0. The molecule has 1 aromatic carbocycles. The van der Waals surface area contributed by atoms with Crippen LogP contribution < -0.4 is 0 Å². The van der Waals surface area contributed by atoms with Gasteiger partial charge in [-0.3, -0.25) is 0 Å². The van der Waals surface area contributed by atoms with Crippen LogP contribution in [0.5, 0.6) is 0 Å². The number of hydrogen-bond acceptors (Lipinski definition) is 3. The standard InChI is InChI=1S/C15H18N2O2/c1-5-9-7-6-8-10-11(9)12(13(18)19)17-14(16-10)15(2,3)4/h6-8H,5H2,1-4H3,(H,18,19). The van der Waals surface area contributed by atoms with Crippen molar-refractivity contribution >= 4 is 16.9 Å². The van der Waals surface area contributed by atoms with Crippen LogP contribution in [-0.4, -0.2) is 21.0 Å². The highest BCUT2D eigenvalue weighted by atomic mass is 16.4. The number of rotatable bonds is 2. The minimum Gasteiger partial charge on any atom is -0.476 e. The van der Waals surface area contributed by atoms with E-state index in [0.717, 1.165) is 12.0 Å². The van der Waals surface area contributed by atoms with Gasteiger partial charge in [-0.2, -0.15) is 0 Å². The van der Waals surface area contributed by atoms with Crippen molar-refractivity contribution in [2.24, 2.45) is 0 Å². The maximum atomic E-state index is 11.5. The Hall–Kier alpha value is -1.97. The van der Waals surface area contributed by atoms with Gasteiger partial charge >= 0.3 is 5.97 Å². The molecule has 19 heavy (non-hydrogen) atoms. The molecule has 1 aromatic heterocycles. The number of carboxylic acid groups (broad SMARTS) is 1. The van der Waals surface area contributed by atoms with Gasteiger partial charge in [-0.15, -0.1) is 0 Å². The number of carboxylic acids is 1. The van der Waals surface area contributed by atoms with E-state index in [0.29, 0.717) is 16.7 Å². The fourth-order valence-corrected chi connectivity index (χ4v) is 2.04. The van der Waals surface area contributed by atoms with Gasteiger partial charge in [-0.25, -0.2) is 14.8 Å². The first kappa shape index (κ1) is 13.5. The molecule has 1 heterocycles. The highest BCUT2D eigenvalue weighted by Crippen LogP contribution is 2.26. The van der Waals surface area contributed by atoms with Crippen LogP contribution in [0.1, 0.15) is 49.6 Å². The van der Waals surface area contributed by atoms with Gasteiger partial charge in [0.2, 0.25) is 0 Å². The Labute approximate surface area is 112 Å². The quantitative estimate of drug-likeness (QED) is 0.898. The average Bonchev–Trinajstić information content (AvgIpc) is 2.35. The minimum atomic E-state index is -1.00. The average molecular weight is 258 g/mol. The van der Waals surface area contributed by atoms with Crippen molar-refractivity contribution in [3.8, 4) is 0 Å². The molecule has 0 radical (unpaired) electrons. The first-order valence-electron chi connectivity index (χ1n) is 6.38. The molecule has 2 aromatic rings. The summed E-state index contributed by atoms with van der Waals surface area (Å²) in [4.78, 5) is 20.3. The highest BCUT2D eigenvalue weighted by Gasteiger charge is 2.23. The van der Waals surface area contributed by atoms with Crippen molar-refractivity contribution in [3.63, 3.8) is 0 Å². The van der Waals surface area contributed by atoms with Crippen molar-refractivity contribution in [1.82, 2.24) is 9.97 Å². The number of fused-ring (bicyclic) bond motifs is 1. The van der Waals surface area contributed by atoms with Crippen molar-refractivity contribution in [2.75, 3.05) is 0 Å². The summed E-state index contributed by atoms with van der Waals surface area (Å²) in [6.07, 6.45) is 0.760. The van der Waals surface area contributed by atoms with Gasteiger partial charge < -0.3 is 5.11 Å². The molecule has 0 bridgehead atoms. The number of aryl methyl sites for hydroxylation is 1. The molecule has 0 fully saturated rings. The van der Waals surface area contributed by atoms with Gasteiger partial charge in [0.1, 0.15) is 5.82 Å². The SMILES string of the molecule is CCc1cccc2nc(C(C)(C)C)nc(C(=O)O)c12. The second-order valence-electron chi connectivity index (χ2n) is 5.62. The highest BCUT2D eigenvalue weighted by molar-refractivity contribution is 6.02. The lowest BCUT2D eigenvalue weighted by Gasteiger charge is -2.18. The lowest BCUT2D eigenvalue weighted by atomic mass is 9.94. The minimum absolute atomic E-state index is 0.104. The molecule has 0 aliphatic rings. The molecule has 0 aliphatic carbocycles. The molecule has 0 saturated carbocycles. The van der Waals surface area contributed by atoms with E-state index in [2.05, 4.69) is 9.97 Å². The van der Waals surface area contributed by atoms with E-state index >= 15 is 0 Å². The zero-order valence-corrected chi connectivity index (χ0v) is 11.7. The second-order valence-corrected chi connectivity index (χ2v) is 5.62. The van der Waals surface area contributed by atoms with E-state index in [-0.39, 0.29) is 11.1 Å². The maximum Gasteiger partial charge on any atom is 0.355 e. The predicted octanol–water partition coefficient (Wildman–Crippen LogP) is 3.19. The topological polar surface area (TPSA) is 63.1 Å². The zero-order valence-electron chi connectivity index (χ0n) is 11.7. The first-order chi connectivity index (χ1) is 8.84. The zero-order chi connectivity index (χ0) is 14.2. The Balaban J connectivity index is 2.87. The van der Waals surface area contributed by atoms with Crippen LogP contribution in [-0.2, 0) is 11.8 Å². The lowest BCUT2D eigenvalue weighted by molar-refractivity contribution is 0.0692. The first-order valence-corrected chi connectivity index (χ1v) is 6.38. The third-order valence-electron chi connectivity index (χ3n) is 3.06. The molecule has 0 unspecified atom stereocenters. The Morgan fingerprint density at radius 1 is 1.26 bits per heavy atom. The van der Waals surface area contributed by atoms with Crippen molar-refractivity contribution < 1.29 is 9.90 Å². The monoisotopic (exact) mass is 258 g/mol. The van der Waals surface area contributed by atoms with Crippen LogP contribution in [0.15, 0.2) is 18.2 Å². The summed E-state index contributed by atoms with van der Waals surface area (Å²) < 4.78 is 0. The Morgan fingerprint density at radius 3 is 2.47 bits per heavy atom. The van der Waals surface area contributed by atoms with Gasteiger partial charge in [-0.1, -0.05) is 39.8 Å². The number of aromatic nitrogens is 2. The van der Waals surface area contributed by atoms with Crippen molar-refractivity contribution in [2.45, 2.75) is 39.5 Å². The van der Waals surface area contributed by atoms with Gasteiger partial charge in [0, 0.05) is 10.8 Å². The number of carbonyl (C=O) groups is 1. The molecule has 0 saturated heterocycles. The smallest absolute Gasteiger partial charge is 0.355 e. The van der Waals surface area contributed by atoms with E-state index in [1.54, 1.807) is 0 Å². The Kier molecular flexibility index (Phi) is 3.27. The van der Waals surface area contributed by atoms with E-state index in [9.17, 15) is 9.90 Å². The summed E-state index contributed by atoms with van der Waals surface area (Å²) >= 11 is 0. The number of aromatic carboxylic acids is 1. The summed E-state index contributed by atoms with van der Waals surface area (Å²) in [6.45, 7) is 7.93. The van der Waals surface area contributed by atoms with Crippen molar-refractivity contribution in [3.05, 3.63) is 35.3 Å². The fraction of sp³-hybridized carbons (Fsp3) is 0.400. The van der Waals surface area contributed by atoms with Gasteiger partial charge in [0.05, 0.1) is 5.52 Å². The Morgan fingerprint density at radius 2 is 1.95 bits per heavy atom. The van der Waals surface area contributed by atoms with Crippen LogP contribution in [0.3, 0.4) is 0 Å². The van der Waals surface area contributed by atoms with Crippen LogP contribution in [0.25, 0.3) is 10.9 Å². The normalized spacial score (nSPS) is 11.8. The maximum absolute atomic E-state index is 11.5. The molecule has 0 atom stereocenters. The molecule has 4 nitrogen and oxygen atoms in total. The van der Waals surface area contributed by atoms with E-state index < -0.39 is 5.97 Å². The van der Waals surface area contributed by atoms with Gasteiger partial charge in [0.25, 0.3) is 0 Å². The molecule has 0 aliphatic heterocycles. The third kappa shape index (κ3) is 2.43. The largest absolute Gasteiger partial charge is 0.476 e. The molecule has 1 N–H and O–H groups in total. The van der Waals surface area contributed by atoms with Crippen LogP contribution in [0.2, 0.25) is 0 Å². The summed E-state index contributed by atoms with van der Waals surface area (Å²) in [6, 6.07) is 5.68. The van der Waals surface area contributed by atoms with Crippen LogP contribution in [0.4, 0.5) is 0 Å². The van der Waals surface area contributed by atoms with E-state index in [1.807, 2.05) is 45.9 Å². The summed E-state index contributed by atoms with van der Waals surface area (Å²) in [5.74, 6) is -0.440. The second kappa shape index (κ2) is 4.61. The summed E-state index contributed by atoms with van der Waals surface area (Å²) in [5, 5.41) is 10.1. The lowest BCUT2D eigenvalue weighted by Crippen LogP contribution is -2.19. The fourth-order valence-electron chi connectivity index (χ4n) is 2.04. The van der Waals surface area contributed by atoms with Crippen LogP contribution in [0, 0.1) is 0 Å². The molecule has 4 heteroatoms. The van der Waals surface area contributed by atoms with Crippen LogP contribution >= 0.6 is 0 Å². The summed E-state index contributed by atoms with van der Waals surface area (Å²) in [5.41, 5.74) is 1.50. The molecular weight excluding hydrogens is 240 g/mol. The molecular formula is C15H18N2O2. The van der Waals surface area contributed by atoms with E-state index in [4.69, 9.17) is 0 Å². The Bertz CT molecular complexity index is 642. The number of hydrogen-bond donors (Lipinski definition) is 1. The third-order valence-corrected chi connectivity index (χ3v) is 3.06. The predicted molar refractivity (Wildman–Crippen MR) is 74.6 cm³/mol. The van der Waals surface area contributed by atoms with E-state index in [1.165, 1.54) is 0 Å². The van der Waals surface area contributed by atoms with Crippen molar-refractivity contribution in [1.29, 1.82) is 0 Å². The molecule has 100 valence electrons. The van der Waals surface area contributed by atoms with Gasteiger partial charge in [0.15, 0.2) is 5.69 Å². The molecule has 0 spiro atoms. The number of benzene rings is 1. The number of nitrogens with zero attached hydrogens (tertiary/aromatic N) is 2. The molecule has 0 amide bonds. The van der Waals surface area contributed by atoms with Gasteiger partial charge in [-0.05, 0) is 18.1 Å². The molecule has 2 rings (SSSR count).